The minimum Gasteiger partial charge on any atom is -0.461 e. The number of rotatable bonds is 6. The highest BCUT2D eigenvalue weighted by atomic mass is 35.5. The maximum atomic E-state index is 13.3. The number of halogens is 4. The summed E-state index contributed by atoms with van der Waals surface area (Å²) in [7, 11) is 3.89. The molecule has 4 rings (SSSR count). The zero-order valence-electron chi connectivity index (χ0n) is 19.7. The first-order chi connectivity index (χ1) is 15.8. The number of ether oxygens (including phenoxy) is 1. The van der Waals surface area contributed by atoms with Crippen molar-refractivity contribution in [1.29, 1.82) is 0 Å². The van der Waals surface area contributed by atoms with Gasteiger partial charge in [0.1, 0.15) is 6.61 Å². The lowest BCUT2D eigenvalue weighted by molar-refractivity contribution is -0.140. The van der Waals surface area contributed by atoms with Crippen LogP contribution in [0.4, 0.5) is 0 Å². The molecule has 2 aliphatic heterocycles. The van der Waals surface area contributed by atoms with Gasteiger partial charge in [0.2, 0.25) is 0 Å². The topological polar surface area (TPSA) is 45.1 Å². The van der Waals surface area contributed by atoms with Crippen molar-refractivity contribution >= 4 is 75.8 Å². The van der Waals surface area contributed by atoms with Crippen molar-refractivity contribution in [1.82, 2.24) is 9.80 Å². The molecule has 0 spiro atoms. The van der Waals surface area contributed by atoms with Gasteiger partial charge in [-0.2, -0.15) is 0 Å². The molecule has 0 aliphatic carbocycles. The number of benzene rings is 2. The summed E-state index contributed by atoms with van der Waals surface area (Å²) in [6.07, 6.45) is 1.98. The quantitative estimate of drug-likeness (QED) is 0.348. The third kappa shape index (κ3) is 6.19. The van der Waals surface area contributed by atoms with Crippen LogP contribution < -0.4 is 0 Å². The number of nitrogens with zero attached hydrogens (tertiary/aromatic N) is 3. The molecule has 0 saturated heterocycles. The summed E-state index contributed by atoms with van der Waals surface area (Å²) >= 11 is 14.5. The van der Waals surface area contributed by atoms with E-state index in [0.717, 1.165) is 26.8 Å². The van der Waals surface area contributed by atoms with Crippen LogP contribution >= 0.6 is 59.8 Å². The van der Waals surface area contributed by atoms with Crippen LogP contribution in [-0.2, 0) is 9.53 Å². The van der Waals surface area contributed by atoms with Crippen molar-refractivity contribution in [2.24, 2.45) is 4.99 Å². The van der Waals surface area contributed by atoms with Crippen molar-refractivity contribution in [2.75, 3.05) is 27.2 Å². The average Bonchev–Trinajstić information content (AvgIpc) is 3.15. The van der Waals surface area contributed by atoms with E-state index in [4.69, 9.17) is 32.9 Å². The highest BCUT2D eigenvalue weighted by Gasteiger charge is 2.40. The van der Waals surface area contributed by atoms with Crippen LogP contribution in [0.3, 0.4) is 0 Å². The zero-order chi connectivity index (χ0) is 23.7. The Labute approximate surface area is 233 Å². The summed E-state index contributed by atoms with van der Waals surface area (Å²) in [6, 6.07) is 13.2. The SMILES string of the molecule is CC1=C(C(=O)OCCN(C)C)C(c2ccccc2C)N2C=C(c3c(Cl)cccc3Cl)SC2=N1.Cl.Cl. The van der Waals surface area contributed by atoms with Gasteiger partial charge in [0, 0.05) is 23.2 Å². The lowest BCUT2D eigenvalue weighted by Gasteiger charge is -2.34. The molecule has 2 heterocycles. The molecule has 1 unspecified atom stereocenters. The standard InChI is InChI=1S/C25H25Cl2N3O2S.2ClH/c1-15-8-5-6-9-17(15)23-21(24(31)32-13-12-29(3)4)16(2)28-25-30(23)14-20(33-25)22-18(26)10-7-11-19(22)27;;/h5-11,14,23H,12-13H2,1-4H3;2*1H. The number of aryl methyl sites for hydroxylation is 1. The molecule has 35 heavy (non-hydrogen) atoms. The second-order valence-corrected chi connectivity index (χ2v) is 10.0. The number of carbonyl (C=O) groups is 1. The van der Waals surface area contributed by atoms with Crippen LogP contribution in [0.25, 0.3) is 4.91 Å². The maximum absolute atomic E-state index is 13.3. The molecule has 0 bridgehead atoms. The predicted molar refractivity (Wildman–Crippen MR) is 152 cm³/mol. The summed E-state index contributed by atoms with van der Waals surface area (Å²) in [5.74, 6) is -0.354. The van der Waals surface area contributed by atoms with E-state index in [9.17, 15) is 4.79 Å². The van der Waals surface area contributed by atoms with Crippen molar-refractivity contribution in [2.45, 2.75) is 19.9 Å². The van der Waals surface area contributed by atoms with Gasteiger partial charge in [0.15, 0.2) is 5.17 Å². The lowest BCUT2D eigenvalue weighted by atomic mass is 9.92. The molecule has 0 saturated carbocycles. The van der Waals surface area contributed by atoms with Crippen molar-refractivity contribution in [3.8, 4) is 0 Å². The normalized spacial score (nSPS) is 16.8. The van der Waals surface area contributed by atoms with Gasteiger partial charge in [0.05, 0.1) is 27.4 Å². The van der Waals surface area contributed by atoms with Gasteiger partial charge >= 0.3 is 5.97 Å². The number of hydrogen-bond acceptors (Lipinski definition) is 6. The van der Waals surface area contributed by atoms with Crippen LogP contribution in [0.2, 0.25) is 10.0 Å². The summed E-state index contributed by atoms with van der Waals surface area (Å²) < 4.78 is 5.65. The number of allylic oxidation sites excluding steroid dienone is 1. The highest BCUT2D eigenvalue weighted by Crippen LogP contribution is 2.49. The Balaban J connectivity index is 0.00000216. The molecule has 0 amide bonds. The van der Waals surface area contributed by atoms with Gasteiger partial charge in [-0.25, -0.2) is 9.79 Å². The Bertz CT molecular complexity index is 1180. The molecule has 2 aromatic rings. The molecular weight excluding hydrogens is 548 g/mol. The summed E-state index contributed by atoms with van der Waals surface area (Å²) in [4.78, 5) is 22.9. The summed E-state index contributed by atoms with van der Waals surface area (Å²) in [5, 5.41) is 1.92. The number of esters is 1. The van der Waals surface area contributed by atoms with E-state index < -0.39 is 0 Å². The molecule has 0 fully saturated rings. The third-order valence-corrected chi connectivity index (χ3v) is 7.21. The molecule has 1 atom stereocenters. The fraction of sp³-hybridized carbons (Fsp3) is 0.280. The summed E-state index contributed by atoms with van der Waals surface area (Å²) in [5.41, 5.74) is 4.05. The molecule has 0 N–H and O–H groups in total. The number of amidine groups is 1. The van der Waals surface area contributed by atoms with E-state index >= 15 is 0 Å². The molecule has 2 aliphatic rings. The Morgan fingerprint density at radius 1 is 1.09 bits per heavy atom. The van der Waals surface area contributed by atoms with E-state index in [1.807, 2.05) is 86.4 Å². The predicted octanol–water partition coefficient (Wildman–Crippen LogP) is 6.98. The molecule has 2 aromatic carbocycles. The molecule has 10 heteroatoms. The smallest absolute Gasteiger partial charge is 0.338 e. The zero-order valence-corrected chi connectivity index (χ0v) is 23.7. The van der Waals surface area contributed by atoms with E-state index in [-0.39, 0.29) is 36.8 Å². The Hall–Kier alpha value is -1.67. The van der Waals surface area contributed by atoms with Crippen LogP contribution in [-0.4, -0.2) is 48.2 Å². The number of thioether (sulfide) groups is 1. The Morgan fingerprint density at radius 2 is 1.74 bits per heavy atom. The first-order valence-corrected chi connectivity index (χ1v) is 12.1. The number of carbonyl (C=O) groups excluding carboxylic acids is 1. The first-order valence-electron chi connectivity index (χ1n) is 10.6. The Kier molecular flexibility index (Phi) is 10.6. The van der Waals surface area contributed by atoms with E-state index in [0.29, 0.717) is 34.5 Å². The maximum Gasteiger partial charge on any atom is 0.338 e. The van der Waals surface area contributed by atoms with Crippen LogP contribution in [0.5, 0.6) is 0 Å². The van der Waals surface area contributed by atoms with Gasteiger partial charge in [0.25, 0.3) is 0 Å². The van der Waals surface area contributed by atoms with Crippen LogP contribution in [0.15, 0.2) is 64.9 Å². The van der Waals surface area contributed by atoms with Crippen LogP contribution in [0.1, 0.15) is 29.7 Å². The van der Waals surface area contributed by atoms with Crippen LogP contribution in [0, 0.1) is 6.92 Å². The Morgan fingerprint density at radius 3 is 2.37 bits per heavy atom. The van der Waals surface area contributed by atoms with Gasteiger partial charge in [-0.1, -0.05) is 53.5 Å². The van der Waals surface area contributed by atoms with Gasteiger partial charge in [-0.05, 0) is 63.0 Å². The number of likely N-dealkylation sites (N-methyl/N-ethyl adjacent to an activating group) is 1. The third-order valence-electron chi connectivity index (χ3n) is 5.57. The average molecular weight is 575 g/mol. The lowest BCUT2D eigenvalue weighted by Crippen LogP contribution is -2.35. The first kappa shape index (κ1) is 29.6. The number of aliphatic imine (C=N–C) groups is 1. The fourth-order valence-electron chi connectivity index (χ4n) is 3.87. The van der Waals surface area contributed by atoms with Crippen molar-refractivity contribution in [3.05, 3.63) is 86.7 Å². The second-order valence-electron chi connectivity index (χ2n) is 8.19. The minimum absolute atomic E-state index is 0. The van der Waals surface area contributed by atoms with Gasteiger partial charge in [-0.15, -0.1) is 24.8 Å². The fourth-order valence-corrected chi connectivity index (χ4v) is 5.71. The van der Waals surface area contributed by atoms with E-state index in [2.05, 4.69) is 0 Å². The number of hydrogen-bond donors (Lipinski definition) is 0. The molecule has 188 valence electrons. The molecular formula is C25H27Cl4N3O2S. The second kappa shape index (κ2) is 12.5. The molecule has 0 aromatic heterocycles. The highest BCUT2D eigenvalue weighted by molar-refractivity contribution is 8.22. The van der Waals surface area contributed by atoms with Gasteiger partial charge < -0.3 is 14.5 Å². The molecule has 0 radical (unpaired) electrons. The summed E-state index contributed by atoms with van der Waals surface area (Å²) in [6.45, 7) is 4.87. The minimum atomic E-state index is -0.364. The largest absolute Gasteiger partial charge is 0.461 e. The number of fused-ring (bicyclic) bond motifs is 1. The van der Waals surface area contributed by atoms with Crippen molar-refractivity contribution in [3.63, 3.8) is 0 Å². The monoisotopic (exact) mass is 573 g/mol. The molecule has 5 nitrogen and oxygen atoms in total. The van der Waals surface area contributed by atoms with Crippen molar-refractivity contribution < 1.29 is 9.53 Å². The van der Waals surface area contributed by atoms with E-state index in [1.165, 1.54) is 11.8 Å². The van der Waals surface area contributed by atoms with E-state index in [1.54, 1.807) is 0 Å². The van der Waals surface area contributed by atoms with Gasteiger partial charge in [-0.3, -0.25) is 0 Å².